The molecule has 0 unspecified atom stereocenters. The van der Waals surface area contributed by atoms with Gasteiger partial charge in [-0.15, -0.1) is 0 Å². The summed E-state index contributed by atoms with van der Waals surface area (Å²) in [6.07, 6.45) is 0. The van der Waals surface area contributed by atoms with Crippen LogP contribution in [0.5, 0.6) is 5.75 Å². The minimum absolute atomic E-state index is 0.0356. The average Bonchev–Trinajstić information content (AvgIpc) is 2.05. The van der Waals surface area contributed by atoms with Gasteiger partial charge in [-0.3, -0.25) is 0 Å². The van der Waals surface area contributed by atoms with Gasteiger partial charge in [0.2, 0.25) is 0 Å². The lowest BCUT2D eigenvalue weighted by atomic mass is 10.1. The van der Waals surface area contributed by atoms with Crippen LogP contribution >= 0.6 is 0 Å². The smallest absolute Gasteiger partial charge is 0.285 e. The van der Waals surface area contributed by atoms with Crippen LogP contribution in [-0.2, 0) is 5.92 Å². The number of phenolic OH excluding ortho intramolecular Hbond substituents is 1. The Labute approximate surface area is 68.6 Å². The number of alkyl halides is 2. The second kappa shape index (κ2) is 3.06. The van der Waals surface area contributed by atoms with Crippen LogP contribution in [0.15, 0.2) is 24.3 Å². The normalized spacial score (nSPS) is 11.6. The molecule has 1 aromatic rings. The quantitative estimate of drug-likeness (QED) is 0.710. The first-order valence-electron chi connectivity index (χ1n) is 3.43. The van der Waals surface area contributed by atoms with Gasteiger partial charge in [-0.25, -0.2) is 0 Å². The lowest BCUT2D eigenvalue weighted by molar-refractivity contribution is 0.00592. The van der Waals surface area contributed by atoms with Crippen molar-refractivity contribution in [3.8, 4) is 5.75 Å². The van der Waals surface area contributed by atoms with Gasteiger partial charge in [-0.2, -0.15) is 8.78 Å². The van der Waals surface area contributed by atoms with Crippen LogP contribution in [0, 0.1) is 0 Å². The summed E-state index contributed by atoms with van der Waals surface area (Å²) in [4.78, 5) is 0. The fraction of sp³-hybridized carbons (Fsp3) is 0.250. The number of phenols is 1. The van der Waals surface area contributed by atoms with Crippen LogP contribution in [0.1, 0.15) is 5.56 Å². The molecule has 0 amide bonds. The van der Waals surface area contributed by atoms with Crippen LogP contribution in [0.2, 0.25) is 0 Å². The lowest BCUT2D eigenvalue weighted by Gasteiger charge is -2.13. The number of nitrogens with two attached hydrogens (primary N) is 1. The third-order valence-corrected chi connectivity index (χ3v) is 1.55. The number of rotatable bonds is 2. The van der Waals surface area contributed by atoms with Gasteiger partial charge in [0.25, 0.3) is 5.92 Å². The van der Waals surface area contributed by atoms with E-state index in [1.807, 2.05) is 0 Å². The molecule has 0 bridgehead atoms. The van der Waals surface area contributed by atoms with E-state index in [-0.39, 0.29) is 11.3 Å². The van der Waals surface area contributed by atoms with Crippen molar-refractivity contribution in [2.24, 2.45) is 5.73 Å². The van der Waals surface area contributed by atoms with Crippen molar-refractivity contribution in [3.05, 3.63) is 29.8 Å². The average molecular weight is 173 g/mol. The molecule has 2 nitrogen and oxygen atoms in total. The highest BCUT2D eigenvalue weighted by Crippen LogP contribution is 2.27. The zero-order valence-electron chi connectivity index (χ0n) is 6.30. The summed E-state index contributed by atoms with van der Waals surface area (Å²) in [5.41, 5.74) is 4.69. The minimum atomic E-state index is -3.01. The molecule has 0 saturated carbocycles. The molecule has 0 heterocycles. The molecule has 0 aliphatic carbocycles. The molecule has 0 aromatic heterocycles. The van der Waals surface area contributed by atoms with E-state index in [0.29, 0.717) is 0 Å². The van der Waals surface area contributed by atoms with Gasteiger partial charge in [0.05, 0.1) is 6.54 Å². The Morgan fingerprint density at radius 1 is 1.25 bits per heavy atom. The summed E-state index contributed by atoms with van der Waals surface area (Å²) in [7, 11) is 0. The van der Waals surface area contributed by atoms with Gasteiger partial charge < -0.3 is 10.8 Å². The molecule has 0 spiro atoms. The topological polar surface area (TPSA) is 46.2 Å². The highest BCUT2D eigenvalue weighted by Gasteiger charge is 2.28. The third-order valence-electron chi connectivity index (χ3n) is 1.55. The second-order valence-electron chi connectivity index (χ2n) is 2.46. The molecule has 3 N–H and O–H groups in total. The van der Waals surface area contributed by atoms with Crippen molar-refractivity contribution in [2.45, 2.75) is 5.92 Å². The summed E-state index contributed by atoms with van der Waals surface area (Å²) in [6.45, 7) is -0.724. The Hall–Kier alpha value is -1.16. The van der Waals surface area contributed by atoms with Crippen LogP contribution in [-0.4, -0.2) is 11.7 Å². The van der Waals surface area contributed by atoms with Crippen molar-refractivity contribution in [3.63, 3.8) is 0 Å². The Kier molecular flexibility index (Phi) is 2.28. The molecule has 1 aromatic carbocycles. The van der Waals surface area contributed by atoms with E-state index in [2.05, 4.69) is 0 Å². The van der Waals surface area contributed by atoms with E-state index in [0.717, 1.165) is 12.1 Å². The van der Waals surface area contributed by atoms with E-state index in [1.54, 1.807) is 0 Å². The molecule has 0 fully saturated rings. The summed E-state index contributed by atoms with van der Waals surface area (Å²) in [6, 6.07) is 4.72. The van der Waals surface area contributed by atoms with Crippen LogP contribution in [0.3, 0.4) is 0 Å². The number of aromatic hydroxyl groups is 1. The highest BCUT2D eigenvalue weighted by atomic mass is 19.3. The van der Waals surface area contributed by atoms with Crippen molar-refractivity contribution in [1.82, 2.24) is 0 Å². The Balaban J connectivity index is 2.96. The fourth-order valence-electron chi connectivity index (χ4n) is 0.823. The number of benzene rings is 1. The second-order valence-corrected chi connectivity index (χ2v) is 2.46. The van der Waals surface area contributed by atoms with E-state index in [1.165, 1.54) is 12.1 Å². The molecule has 4 heteroatoms. The van der Waals surface area contributed by atoms with Crippen LogP contribution in [0.25, 0.3) is 0 Å². The molecule has 0 atom stereocenters. The maximum atomic E-state index is 12.8. The summed E-state index contributed by atoms with van der Waals surface area (Å²) in [5, 5.41) is 8.82. The number of halogens is 2. The number of hydrogen-bond donors (Lipinski definition) is 2. The van der Waals surface area contributed by atoms with Crippen LogP contribution in [0.4, 0.5) is 8.78 Å². The van der Waals surface area contributed by atoms with Gasteiger partial charge in [0, 0.05) is 5.56 Å². The standard InChI is InChI=1S/C8H9F2NO/c9-8(10,5-11)6-1-3-7(12)4-2-6/h1-4,12H,5,11H2. The van der Waals surface area contributed by atoms with E-state index in [9.17, 15) is 8.78 Å². The van der Waals surface area contributed by atoms with E-state index in [4.69, 9.17) is 10.8 Å². The predicted molar refractivity (Wildman–Crippen MR) is 41.1 cm³/mol. The van der Waals surface area contributed by atoms with Crippen molar-refractivity contribution in [2.75, 3.05) is 6.54 Å². The third kappa shape index (κ3) is 1.71. The molecule has 1 rings (SSSR count). The minimum Gasteiger partial charge on any atom is -0.508 e. The lowest BCUT2D eigenvalue weighted by Crippen LogP contribution is -2.24. The molecule has 12 heavy (non-hydrogen) atoms. The zero-order chi connectivity index (χ0) is 9.19. The number of hydrogen-bond acceptors (Lipinski definition) is 2. The molecule has 0 radical (unpaired) electrons. The monoisotopic (exact) mass is 173 g/mol. The molecule has 0 aliphatic rings. The first-order chi connectivity index (χ1) is 5.56. The Morgan fingerprint density at radius 2 is 1.75 bits per heavy atom. The summed E-state index contributed by atoms with van der Waals surface area (Å²) < 4.78 is 25.6. The van der Waals surface area contributed by atoms with E-state index >= 15 is 0 Å². The first-order valence-corrected chi connectivity index (χ1v) is 3.43. The molecule has 66 valence electrons. The van der Waals surface area contributed by atoms with Gasteiger partial charge in [-0.1, -0.05) is 0 Å². The molecule has 0 saturated heterocycles. The van der Waals surface area contributed by atoms with Gasteiger partial charge in [0.15, 0.2) is 0 Å². The summed E-state index contributed by atoms with van der Waals surface area (Å²) >= 11 is 0. The SMILES string of the molecule is NCC(F)(F)c1ccc(O)cc1. The predicted octanol–water partition coefficient (Wildman–Crippen LogP) is 1.44. The first kappa shape index (κ1) is 8.93. The van der Waals surface area contributed by atoms with Gasteiger partial charge in [0.1, 0.15) is 5.75 Å². The molecular weight excluding hydrogens is 164 g/mol. The Bertz CT molecular complexity index is 258. The molecular formula is C8H9F2NO. The fourth-order valence-corrected chi connectivity index (χ4v) is 0.823. The largest absolute Gasteiger partial charge is 0.508 e. The van der Waals surface area contributed by atoms with Crippen molar-refractivity contribution in [1.29, 1.82) is 0 Å². The summed E-state index contributed by atoms with van der Waals surface area (Å²) in [5.74, 6) is -3.04. The van der Waals surface area contributed by atoms with Gasteiger partial charge >= 0.3 is 0 Å². The zero-order valence-corrected chi connectivity index (χ0v) is 6.30. The highest BCUT2D eigenvalue weighted by molar-refractivity contribution is 5.28. The maximum Gasteiger partial charge on any atom is 0.285 e. The van der Waals surface area contributed by atoms with Crippen LogP contribution < -0.4 is 5.73 Å². The molecule has 0 aliphatic heterocycles. The van der Waals surface area contributed by atoms with E-state index < -0.39 is 12.5 Å². The van der Waals surface area contributed by atoms with Crippen molar-refractivity contribution >= 4 is 0 Å². The Morgan fingerprint density at radius 3 is 2.17 bits per heavy atom. The van der Waals surface area contributed by atoms with Gasteiger partial charge in [-0.05, 0) is 24.3 Å². The van der Waals surface area contributed by atoms with Crippen molar-refractivity contribution < 1.29 is 13.9 Å². The maximum absolute atomic E-state index is 12.8.